The fourth-order valence-corrected chi connectivity index (χ4v) is 4.30. The van der Waals surface area contributed by atoms with Crippen LogP contribution in [0.3, 0.4) is 0 Å². The van der Waals surface area contributed by atoms with E-state index in [-0.39, 0.29) is 28.8 Å². The van der Waals surface area contributed by atoms with Crippen LogP contribution in [-0.2, 0) is 34.9 Å². The van der Waals surface area contributed by atoms with E-state index in [0.29, 0.717) is 24.0 Å². The van der Waals surface area contributed by atoms with Crippen molar-refractivity contribution in [3.8, 4) is 22.9 Å². The maximum absolute atomic E-state index is 13.0. The summed E-state index contributed by atoms with van der Waals surface area (Å²) in [6.45, 7) is 24.6. The van der Waals surface area contributed by atoms with E-state index >= 15 is 0 Å². The van der Waals surface area contributed by atoms with Crippen LogP contribution in [0.4, 0.5) is 15.4 Å². The molecule has 3 heterocycles. The predicted octanol–water partition coefficient (Wildman–Crippen LogP) is 6.79. The van der Waals surface area contributed by atoms with E-state index in [9.17, 15) is 14.4 Å². The van der Waals surface area contributed by atoms with Gasteiger partial charge in [0, 0.05) is 37.9 Å². The molecule has 0 N–H and O–H groups in total. The third-order valence-corrected chi connectivity index (χ3v) is 7.93. The van der Waals surface area contributed by atoms with Gasteiger partial charge >= 0.3 is 19.3 Å². The molecular weight excluding hydrogens is 669 g/mol. The van der Waals surface area contributed by atoms with E-state index in [1.165, 1.54) is 11.1 Å². The number of carbonyl (C=O) groups is 3. The first kappa shape index (κ1) is 42.1. The summed E-state index contributed by atoms with van der Waals surface area (Å²) in [5, 5.41) is 8.44. The van der Waals surface area contributed by atoms with Crippen LogP contribution in [0.5, 0.6) is 0 Å². The highest BCUT2D eigenvalue weighted by Crippen LogP contribution is 2.37. The first-order chi connectivity index (χ1) is 23.8. The van der Waals surface area contributed by atoms with Crippen molar-refractivity contribution in [1.82, 2.24) is 20.1 Å². The molecule has 0 radical (unpaired) electrons. The van der Waals surface area contributed by atoms with Crippen LogP contribution in [0.15, 0.2) is 40.9 Å². The molecule has 284 valence electrons. The second-order valence-corrected chi connectivity index (χ2v) is 16.4. The summed E-state index contributed by atoms with van der Waals surface area (Å²) in [5.41, 5.74) is -0.478. The van der Waals surface area contributed by atoms with Crippen molar-refractivity contribution in [3.05, 3.63) is 42.1 Å². The first-order valence-corrected chi connectivity index (χ1v) is 17.0. The number of nitrogens with zero attached hydrogens (tertiary/aromatic N) is 5. The molecule has 2 aromatic heterocycles. The van der Waals surface area contributed by atoms with E-state index in [1.54, 1.807) is 53.1 Å². The molecule has 0 atom stereocenters. The molecule has 1 aliphatic rings. The molecule has 1 aromatic carbocycles. The number of rotatable bonds is 7. The van der Waals surface area contributed by atoms with Crippen molar-refractivity contribution in [2.45, 2.75) is 125 Å². The fraction of sp³-hybridized carbons (Fsp3) is 0.568. The number of ether oxygens (including phenoxy) is 3. The van der Waals surface area contributed by atoms with Gasteiger partial charge in [-0.2, -0.15) is 4.90 Å². The zero-order chi connectivity index (χ0) is 39.4. The quantitative estimate of drug-likeness (QED) is 0.186. The average molecular weight is 724 g/mol. The minimum atomic E-state index is -0.925. The number of hydrogen-bond acceptors (Lipinski definition) is 12. The van der Waals surface area contributed by atoms with Crippen molar-refractivity contribution >= 4 is 37.0 Å². The molecule has 1 aliphatic heterocycles. The van der Waals surface area contributed by atoms with Gasteiger partial charge in [0.05, 0.1) is 22.4 Å². The van der Waals surface area contributed by atoms with Crippen LogP contribution in [-0.4, -0.2) is 88.0 Å². The van der Waals surface area contributed by atoms with E-state index < -0.39 is 41.7 Å². The molecule has 4 rings (SSSR count). The number of anilines is 1. The monoisotopic (exact) mass is 723 g/mol. The Hall–Kier alpha value is -4.34. The zero-order valence-electron chi connectivity index (χ0n) is 33.2. The van der Waals surface area contributed by atoms with Crippen LogP contribution in [0.1, 0.15) is 95.6 Å². The third-order valence-electron chi connectivity index (χ3n) is 7.93. The largest absolute Gasteiger partial charge is 0.496 e. The SMILES string of the molecule is CN(Cc1ccc(-c2nnc(-c3cc(B4OC(C)(C)C(C)(C)O4)cnc3N(C=O)C(=O)OC(C)(C)C)o2)cc1)C(=O)OC(C)(C)C.COC(C)(C)C. The molecule has 14 nitrogen and oxygen atoms in total. The van der Waals surface area contributed by atoms with Gasteiger partial charge in [-0.1, -0.05) is 12.1 Å². The molecule has 0 saturated carbocycles. The lowest BCUT2D eigenvalue weighted by atomic mass is 9.79. The van der Waals surface area contributed by atoms with E-state index in [1.807, 2.05) is 81.4 Å². The molecular formula is C37H54BN5O9. The first-order valence-electron chi connectivity index (χ1n) is 17.0. The molecule has 0 spiro atoms. The summed E-state index contributed by atoms with van der Waals surface area (Å²) in [6, 6.07) is 8.88. The number of pyridine rings is 1. The standard InChI is InChI=1S/C32H42BN5O8.C5H12O/c1-29(2,3)43-27(40)37(11)18-20-12-14-21(15-13-20)25-35-36-26(42-25)23-16-22(33-45-31(7,8)32(9,10)46-33)17-34-24(23)38(19-39)28(41)44-30(4,5)6;1-5(2,3)6-4/h12-17,19H,18H2,1-11H3;1-4H3. The number of amides is 3. The van der Waals surface area contributed by atoms with Gasteiger partial charge in [-0.15, -0.1) is 10.2 Å². The summed E-state index contributed by atoms with van der Waals surface area (Å²) < 4.78 is 34.3. The van der Waals surface area contributed by atoms with Gasteiger partial charge in [-0.25, -0.2) is 14.6 Å². The fourth-order valence-electron chi connectivity index (χ4n) is 4.30. The minimum absolute atomic E-state index is 0.0000107. The van der Waals surface area contributed by atoms with Crippen molar-refractivity contribution in [1.29, 1.82) is 0 Å². The van der Waals surface area contributed by atoms with Crippen LogP contribution in [0, 0.1) is 0 Å². The lowest BCUT2D eigenvalue weighted by molar-refractivity contribution is -0.107. The van der Waals surface area contributed by atoms with E-state index in [4.69, 9.17) is 27.9 Å². The maximum Gasteiger partial charge on any atom is 0.496 e. The van der Waals surface area contributed by atoms with Gasteiger partial charge < -0.3 is 32.8 Å². The Morgan fingerprint density at radius 3 is 1.81 bits per heavy atom. The van der Waals surface area contributed by atoms with Crippen LogP contribution >= 0.6 is 0 Å². The Labute approximate surface area is 307 Å². The summed E-state index contributed by atoms with van der Waals surface area (Å²) >= 11 is 0. The summed E-state index contributed by atoms with van der Waals surface area (Å²) in [5.74, 6) is 0.115. The normalized spacial score (nSPS) is 15.3. The van der Waals surface area contributed by atoms with Crippen molar-refractivity contribution < 1.29 is 42.3 Å². The third kappa shape index (κ3) is 11.3. The Balaban J connectivity index is 0.00000112. The number of methoxy groups -OCH3 is 1. The van der Waals surface area contributed by atoms with Crippen LogP contribution < -0.4 is 10.4 Å². The lowest BCUT2D eigenvalue weighted by Crippen LogP contribution is -2.41. The van der Waals surface area contributed by atoms with E-state index in [0.717, 1.165) is 10.5 Å². The molecule has 3 amide bonds. The van der Waals surface area contributed by atoms with Crippen molar-refractivity contribution in [2.24, 2.45) is 0 Å². The second-order valence-electron chi connectivity index (χ2n) is 16.4. The van der Waals surface area contributed by atoms with Gasteiger partial charge in [0.25, 0.3) is 5.89 Å². The Kier molecular flexibility index (Phi) is 12.7. The lowest BCUT2D eigenvalue weighted by Gasteiger charge is -2.32. The molecule has 0 unspecified atom stereocenters. The summed E-state index contributed by atoms with van der Waals surface area (Å²) in [7, 11) is 2.58. The highest BCUT2D eigenvalue weighted by molar-refractivity contribution is 6.62. The highest BCUT2D eigenvalue weighted by atomic mass is 16.7. The number of benzene rings is 1. The van der Waals surface area contributed by atoms with Gasteiger partial charge in [0.1, 0.15) is 11.2 Å². The summed E-state index contributed by atoms with van der Waals surface area (Å²) in [4.78, 5) is 44.3. The Morgan fingerprint density at radius 1 is 0.827 bits per heavy atom. The predicted molar refractivity (Wildman–Crippen MR) is 198 cm³/mol. The van der Waals surface area contributed by atoms with Gasteiger partial charge in [0.2, 0.25) is 12.3 Å². The highest BCUT2D eigenvalue weighted by Gasteiger charge is 2.52. The number of hydrogen-bond donors (Lipinski definition) is 0. The average Bonchev–Trinajstić information content (AvgIpc) is 3.58. The second kappa shape index (κ2) is 15.7. The molecule has 0 aliphatic carbocycles. The smallest absolute Gasteiger partial charge is 0.444 e. The molecule has 1 fully saturated rings. The summed E-state index contributed by atoms with van der Waals surface area (Å²) in [6.07, 6.45) is 0.428. The van der Waals surface area contributed by atoms with Gasteiger partial charge in [-0.3, -0.25) is 4.79 Å². The Bertz CT molecular complexity index is 1690. The van der Waals surface area contributed by atoms with Crippen LogP contribution in [0.25, 0.3) is 22.9 Å². The maximum atomic E-state index is 13.0. The molecule has 52 heavy (non-hydrogen) atoms. The topological polar surface area (TPSA) is 156 Å². The van der Waals surface area contributed by atoms with Crippen LogP contribution in [0.2, 0.25) is 0 Å². The molecule has 15 heteroatoms. The molecule has 0 bridgehead atoms. The minimum Gasteiger partial charge on any atom is -0.444 e. The Morgan fingerprint density at radius 2 is 1.33 bits per heavy atom. The van der Waals surface area contributed by atoms with Gasteiger partial charge in [-0.05, 0) is 114 Å². The number of carbonyl (C=O) groups excluding carboxylic acids is 3. The van der Waals surface area contributed by atoms with E-state index in [2.05, 4.69) is 15.2 Å². The molecule has 1 saturated heterocycles. The number of imide groups is 1. The van der Waals surface area contributed by atoms with Crippen molar-refractivity contribution in [2.75, 3.05) is 19.1 Å². The molecule has 3 aromatic rings. The zero-order valence-corrected chi connectivity index (χ0v) is 33.2. The van der Waals surface area contributed by atoms with Gasteiger partial charge in [0.15, 0.2) is 5.82 Å². The number of aromatic nitrogens is 3. The van der Waals surface area contributed by atoms with Crippen molar-refractivity contribution in [3.63, 3.8) is 0 Å².